The molecule has 1 fully saturated rings. The number of anilines is 2. The van der Waals surface area contributed by atoms with Crippen molar-refractivity contribution in [3.05, 3.63) is 11.7 Å². The second kappa shape index (κ2) is 5.05. The van der Waals surface area contributed by atoms with Gasteiger partial charge in [0.2, 0.25) is 0 Å². The van der Waals surface area contributed by atoms with Crippen LogP contribution >= 0.6 is 0 Å². The number of nitrogens with one attached hydrogen (secondary N) is 1. The van der Waals surface area contributed by atoms with Crippen molar-refractivity contribution in [3.63, 3.8) is 0 Å². The van der Waals surface area contributed by atoms with Gasteiger partial charge in [-0.3, -0.25) is 14.2 Å². The Bertz CT molecular complexity index is 979. The summed E-state index contributed by atoms with van der Waals surface area (Å²) < 4.78 is 113. The van der Waals surface area contributed by atoms with E-state index in [-0.39, 0.29) is 9.63 Å². The van der Waals surface area contributed by atoms with Gasteiger partial charge in [-0.2, -0.15) is 13.4 Å². The largest absolute Gasteiger partial charge is 0.465 e. The van der Waals surface area contributed by atoms with Crippen LogP contribution < -0.4 is 20.5 Å². The lowest BCUT2D eigenvalue weighted by molar-refractivity contribution is 0.226. The maximum Gasteiger partial charge on any atom is 0.465 e. The van der Waals surface area contributed by atoms with Crippen molar-refractivity contribution in [2.75, 3.05) is 23.6 Å². The lowest BCUT2D eigenvalue weighted by Crippen LogP contribution is -2.37. The topological polar surface area (TPSA) is 135 Å². The van der Waals surface area contributed by atoms with Crippen LogP contribution in [-0.4, -0.2) is 35.7 Å². The van der Waals surface area contributed by atoms with E-state index in [1.807, 2.05) is 0 Å². The summed E-state index contributed by atoms with van der Waals surface area (Å²) in [5.74, 6) is -1.79. The predicted octanol–water partition coefficient (Wildman–Crippen LogP) is -0.834. The fraction of sp³-hybridized carbons (Fsp3) is 0.556. The van der Waals surface area contributed by atoms with Gasteiger partial charge in [-0.1, -0.05) is 0 Å². The second-order valence-corrected chi connectivity index (χ2v) is 4.10. The van der Waals surface area contributed by atoms with Crippen molar-refractivity contribution in [3.8, 4) is 0 Å². The average molecular weight is 299 g/mol. The lowest BCUT2D eigenvalue weighted by atomic mass is 10.1. The molecule has 1 aliphatic rings. The molecule has 0 aromatic carbocycles. The molecule has 0 spiro atoms. The van der Waals surface area contributed by atoms with E-state index in [2.05, 4.69) is 9.27 Å². The fourth-order valence-corrected chi connectivity index (χ4v) is 1.47. The Morgan fingerprint density at radius 2 is 2.11 bits per heavy atom. The number of rotatable bonds is 3. The summed E-state index contributed by atoms with van der Waals surface area (Å²) in [6.07, 6.45) is -10.9. The van der Waals surface area contributed by atoms with E-state index in [9.17, 15) is 8.42 Å². The van der Waals surface area contributed by atoms with Crippen molar-refractivity contribution in [2.24, 2.45) is 0 Å². The van der Waals surface area contributed by atoms with Crippen molar-refractivity contribution in [1.82, 2.24) is 9.71 Å². The fourth-order valence-electron chi connectivity index (χ4n) is 1.13. The molecule has 4 N–H and O–H groups in total. The molecule has 0 aliphatic carbocycles. The summed E-state index contributed by atoms with van der Waals surface area (Å²) in [7, 11) is -5.17. The van der Waals surface area contributed by atoms with Crippen LogP contribution in [-0.2, 0) is 10.4 Å². The van der Waals surface area contributed by atoms with Crippen molar-refractivity contribution < 1.29 is 31.0 Å². The third-order valence-corrected chi connectivity index (χ3v) is 2.12. The highest BCUT2D eigenvalue weighted by atomic mass is 32.3. The maximum absolute atomic E-state index is 10.8. The molecule has 1 aliphatic heterocycles. The molecule has 19 heavy (non-hydrogen) atoms. The zero-order chi connectivity index (χ0) is 23.0. The zero-order valence-electron chi connectivity index (χ0n) is 19.1. The van der Waals surface area contributed by atoms with Crippen molar-refractivity contribution in [1.29, 1.82) is 5.41 Å². The van der Waals surface area contributed by atoms with Crippen molar-refractivity contribution in [2.45, 2.75) is 19.1 Å². The van der Waals surface area contributed by atoms with E-state index in [1.165, 1.54) is 0 Å². The smallest absolute Gasteiger partial charge is 0.382 e. The molecule has 2 heterocycles. The first-order valence-corrected chi connectivity index (χ1v) is 5.91. The molecule has 0 bridgehead atoms. The first-order chi connectivity index (χ1) is 12.6. The van der Waals surface area contributed by atoms with Crippen LogP contribution in [0.1, 0.15) is 32.8 Å². The van der Waals surface area contributed by atoms with Gasteiger partial charge < -0.3 is 10.6 Å². The molecule has 0 unspecified atom stereocenters. The summed E-state index contributed by atoms with van der Waals surface area (Å²) in [6, 6.07) is 0.534. The molecule has 0 amide bonds. The van der Waals surface area contributed by atoms with Gasteiger partial charge in [0.25, 0.3) is 5.62 Å². The maximum atomic E-state index is 10.8. The van der Waals surface area contributed by atoms with E-state index in [0.29, 0.717) is 6.07 Å². The highest BCUT2D eigenvalue weighted by Crippen LogP contribution is 2.17. The van der Waals surface area contributed by atoms with E-state index < -0.39 is 59.8 Å². The molecular formula is C9H15N5O4S. The molecular weight excluding hydrogens is 274 g/mol. The van der Waals surface area contributed by atoms with Gasteiger partial charge >= 0.3 is 10.4 Å². The molecule has 0 radical (unpaired) electrons. The highest BCUT2D eigenvalue weighted by Gasteiger charge is 2.16. The molecule has 2 rings (SSSR count). The second-order valence-electron chi connectivity index (χ2n) is 3.09. The minimum Gasteiger partial charge on any atom is -0.382 e. The van der Waals surface area contributed by atoms with E-state index >= 15 is 0 Å². The van der Waals surface area contributed by atoms with Crippen LogP contribution in [0.4, 0.5) is 11.6 Å². The van der Waals surface area contributed by atoms with E-state index in [1.54, 1.807) is 0 Å². The van der Waals surface area contributed by atoms with Gasteiger partial charge in [-0.05, 0) is 19.1 Å². The third kappa shape index (κ3) is 3.35. The van der Waals surface area contributed by atoms with Crippen LogP contribution in [0.3, 0.4) is 0 Å². The monoisotopic (exact) mass is 299 g/mol. The average Bonchev–Trinajstić information content (AvgIpc) is 2.48. The molecule has 10 heteroatoms. The normalized spacial score (nSPS) is 37.4. The quantitative estimate of drug-likeness (QED) is 0.620. The number of hydrogen-bond acceptors (Lipinski definition) is 7. The Balaban J connectivity index is 2.81. The van der Waals surface area contributed by atoms with Crippen LogP contribution in [0.25, 0.3) is 0 Å². The summed E-state index contributed by atoms with van der Waals surface area (Å²) in [5, 5.41) is 7.62. The molecule has 9 nitrogen and oxygen atoms in total. The van der Waals surface area contributed by atoms with Gasteiger partial charge in [0.05, 0.1) is 0 Å². The minimum absolute atomic E-state index is 0.0313. The number of nitrogen functional groups attached to an aromatic ring is 1. The first kappa shape index (κ1) is 5.67. The van der Waals surface area contributed by atoms with Crippen LogP contribution in [0.5, 0.6) is 0 Å². The molecule has 1 saturated heterocycles. The zero-order valence-corrected chi connectivity index (χ0v) is 9.89. The number of nitrogens with two attached hydrogens (primary N) is 1. The molecule has 0 atom stereocenters. The van der Waals surface area contributed by atoms with E-state index in [0.717, 1.165) is 0 Å². The number of aromatic nitrogens is 2. The Morgan fingerprint density at radius 1 is 1.47 bits per heavy atom. The van der Waals surface area contributed by atoms with Crippen molar-refractivity contribution >= 4 is 22.0 Å². The summed E-state index contributed by atoms with van der Waals surface area (Å²) >= 11 is 0. The number of piperidine rings is 1. The molecule has 1 aromatic heterocycles. The Morgan fingerprint density at radius 3 is 2.63 bits per heavy atom. The summed E-state index contributed by atoms with van der Waals surface area (Å²) in [6.45, 7) is -7.12. The highest BCUT2D eigenvalue weighted by molar-refractivity contribution is 7.81. The van der Waals surface area contributed by atoms with Gasteiger partial charge in [0.1, 0.15) is 11.6 Å². The van der Waals surface area contributed by atoms with Gasteiger partial charge in [0, 0.05) is 32.8 Å². The van der Waals surface area contributed by atoms with Crippen LogP contribution in [0.2, 0.25) is 0 Å². The summed E-state index contributed by atoms with van der Waals surface area (Å²) in [4.78, 5) is 3.19. The molecule has 1 aromatic rings. The predicted molar refractivity (Wildman–Crippen MR) is 66.7 cm³/mol. The Hall–Kier alpha value is -1.81. The minimum atomic E-state index is -5.17. The number of hydrogen-bond donors (Lipinski definition) is 3. The molecule has 0 saturated carbocycles. The third-order valence-electron chi connectivity index (χ3n) is 1.78. The Labute approximate surface area is 124 Å². The summed E-state index contributed by atoms with van der Waals surface area (Å²) in [5.41, 5.74) is 4.26. The van der Waals surface area contributed by atoms with Gasteiger partial charge in [-0.25, -0.2) is 0 Å². The Kier molecular flexibility index (Phi) is 1.51. The standard InChI is InChI=1S/C9H15N5O4S/c10-7-6-8(13-4-2-1-3-5-13)12-9(11)14(7)18-19(15,16)17/h6,11H,1-5,10H2,(H,15,16,17)/i1D2,2D2,3D2,4D2,5D2. The first-order valence-electron chi connectivity index (χ1n) is 9.55. The lowest BCUT2D eigenvalue weighted by Gasteiger charge is -2.27. The molecule has 106 valence electrons. The van der Waals surface area contributed by atoms with E-state index in [4.69, 9.17) is 29.4 Å². The van der Waals surface area contributed by atoms with Gasteiger partial charge in [0.15, 0.2) is 0 Å². The SMILES string of the molecule is [2H]C1([2H])N(c2cc(N)n(OS(=O)(=O)O)c(=N)n2)C([2H])([2H])C([2H])([2H])C([2H])([2H])C1([2H])[2H]. The number of nitrogens with zero attached hydrogens (tertiary/aromatic N) is 3. The van der Waals surface area contributed by atoms with Gasteiger partial charge in [-0.15, -0.1) is 4.73 Å². The van der Waals surface area contributed by atoms with Crippen LogP contribution in [0.15, 0.2) is 6.07 Å². The van der Waals surface area contributed by atoms with Crippen LogP contribution in [0, 0.1) is 5.41 Å².